The van der Waals surface area contributed by atoms with Crippen LogP contribution >= 0.6 is 0 Å². The van der Waals surface area contributed by atoms with E-state index in [0.29, 0.717) is 18.2 Å². The normalized spacial score (nSPS) is 28.2. The van der Waals surface area contributed by atoms with Crippen molar-refractivity contribution >= 4 is 0 Å². The molecule has 4 nitrogen and oxygen atoms in total. The van der Waals surface area contributed by atoms with Gasteiger partial charge in [0.1, 0.15) is 0 Å². The summed E-state index contributed by atoms with van der Waals surface area (Å²) in [6.07, 6.45) is 5.39. The summed E-state index contributed by atoms with van der Waals surface area (Å²) >= 11 is 0. The minimum absolute atomic E-state index is 0.323. The average Bonchev–Trinajstić information content (AvgIpc) is 2.77. The molecule has 1 aliphatic heterocycles. The van der Waals surface area contributed by atoms with Gasteiger partial charge in [-0.05, 0) is 20.3 Å². The van der Waals surface area contributed by atoms with Crippen molar-refractivity contribution in [3.63, 3.8) is 0 Å². The Kier molecular flexibility index (Phi) is 3.07. The topological polar surface area (TPSA) is 39.1 Å². The zero-order valence-electron chi connectivity index (χ0n) is 9.60. The van der Waals surface area contributed by atoms with Gasteiger partial charge in [-0.15, -0.1) is 0 Å². The van der Waals surface area contributed by atoms with Crippen LogP contribution in [0.15, 0.2) is 12.4 Å². The molecule has 2 heterocycles. The molecule has 0 saturated carbocycles. The summed E-state index contributed by atoms with van der Waals surface area (Å²) in [7, 11) is 1.94. The van der Waals surface area contributed by atoms with Crippen LogP contribution in [0.1, 0.15) is 31.9 Å². The number of aryl methyl sites for hydroxylation is 1. The average molecular weight is 209 g/mol. The van der Waals surface area contributed by atoms with Gasteiger partial charge in [0.15, 0.2) is 0 Å². The second-order valence-electron chi connectivity index (χ2n) is 4.31. The molecule has 1 saturated heterocycles. The molecule has 15 heavy (non-hydrogen) atoms. The molecular formula is C11H19N3O. The first-order valence-electron chi connectivity index (χ1n) is 5.53. The van der Waals surface area contributed by atoms with Gasteiger partial charge >= 0.3 is 0 Å². The van der Waals surface area contributed by atoms with Crippen molar-refractivity contribution in [2.75, 3.05) is 6.61 Å². The van der Waals surface area contributed by atoms with Gasteiger partial charge in [0, 0.05) is 37.5 Å². The fourth-order valence-electron chi connectivity index (χ4n) is 2.03. The molecule has 1 aromatic rings. The first kappa shape index (κ1) is 10.6. The number of nitrogens with zero attached hydrogens (tertiary/aromatic N) is 2. The van der Waals surface area contributed by atoms with Crippen LogP contribution < -0.4 is 5.32 Å². The van der Waals surface area contributed by atoms with E-state index in [4.69, 9.17) is 4.74 Å². The Morgan fingerprint density at radius 3 is 3.00 bits per heavy atom. The zero-order valence-corrected chi connectivity index (χ0v) is 9.60. The van der Waals surface area contributed by atoms with Crippen LogP contribution in [-0.4, -0.2) is 28.5 Å². The molecule has 3 unspecified atom stereocenters. The summed E-state index contributed by atoms with van der Waals surface area (Å²) in [5, 5.41) is 7.76. The van der Waals surface area contributed by atoms with E-state index < -0.39 is 0 Å². The SMILES string of the molecule is CC(NC1CCOC1C)c1cnn(C)c1. The van der Waals surface area contributed by atoms with E-state index in [9.17, 15) is 0 Å². The molecule has 0 radical (unpaired) electrons. The lowest BCUT2D eigenvalue weighted by Crippen LogP contribution is -2.36. The van der Waals surface area contributed by atoms with Gasteiger partial charge in [0.25, 0.3) is 0 Å². The molecule has 1 aromatic heterocycles. The third kappa shape index (κ3) is 2.38. The van der Waals surface area contributed by atoms with Crippen molar-refractivity contribution in [3.05, 3.63) is 18.0 Å². The lowest BCUT2D eigenvalue weighted by atomic mass is 10.1. The number of hydrogen-bond donors (Lipinski definition) is 1. The van der Waals surface area contributed by atoms with E-state index in [1.807, 2.05) is 17.9 Å². The summed E-state index contributed by atoms with van der Waals surface area (Å²) in [5.41, 5.74) is 1.23. The summed E-state index contributed by atoms with van der Waals surface area (Å²) in [6, 6.07) is 0.813. The fraction of sp³-hybridized carbons (Fsp3) is 0.727. The molecule has 0 amide bonds. The van der Waals surface area contributed by atoms with Crippen LogP contribution in [0, 0.1) is 0 Å². The molecule has 3 atom stereocenters. The van der Waals surface area contributed by atoms with E-state index in [1.54, 1.807) is 0 Å². The molecule has 0 spiro atoms. The van der Waals surface area contributed by atoms with Crippen molar-refractivity contribution in [2.45, 2.75) is 38.5 Å². The quantitative estimate of drug-likeness (QED) is 0.814. The van der Waals surface area contributed by atoms with Crippen LogP contribution in [-0.2, 0) is 11.8 Å². The van der Waals surface area contributed by atoms with Crippen LogP contribution in [0.4, 0.5) is 0 Å². The Balaban J connectivity index is 1.94. The molecular weight excluding hydrogens is 190 g/mol. The highest BCUT2D eigenvalue weighted by atomic mass is 16.5. The predicted octanol–water partition coefficient (Wildman–Crippen LogP) is 1.25. The first-order valence-corrected chi connectivity index (χ1v) is 5.53. The van der Waals surface area contributed by atoms with Gasteiger partial charge in [0.05, 0.1) is 12.3 Å². The number of nitrogens with one attached hydrogen (secondary N) is 1. The van der Waals surface area contributed by atoms with Crippen molar-refractivity contribution < 1.29 is 4.74 Å². The molecule has 1 fully saturated rings. The maximum absolute atomic E-state index is 5.52. The number of ether oxygens (including phenoxy) is 1. The Hall–Kier alpha value is -0.870. The van der Waals surface area contributed by atoms with Crippen molar-refractivity contribution in [1.82, 2.24) is 15.1 Å². The molecule has 4 heteroatoms. The lowest BCUT2D eigenvalue weighted by Gasteiger charge is -2.20. The van der Waals surface area contributed by atoms with Gasteiger partial charge in [-0.3, -0.25) is 4.68 Å². The van der Waals surface area contributed by atoms with Gasteiger partial charge in [-0.1, -0.05) is 0 Å². The Morgan fingerprint density at radius 1 is 1.67 bits per heavy atom. The molecule has 0 aliphatic carbocycles. The Bertz CT molecular complexity index is 323. The van der Waals surface area contributed by atoms with E-state index in [0.717, 1.165) is 13.0 Å². The molecule has 0 aromatic carbocycles. The number of hydrogen-bond acceptors (Lipinski definition) is 3. The minimum Gasteiger partial charge on any atom is -0.377 e. The van der Waals surface area contributed by atoms with Crippen LogP contribution in [0.3, 0.4) is 0 Å². The van der Waals surface area contributed by atoms with Gasteiger partial charge in [0.2, 0.25) is 0 Å². The van der Waals surface area contributed by atoms with Crippen molar-refractivity contribution in [3.8, 4) is 0 Å². The molecule has 0 bridgehead atoms. The van der Waals surface area contributed by atoms with Crippen LogP contribution in [0.25, 0.3) is 0 Å². The van der Waals surface area contributed by atoms with E-state index in [2.05, 4.69) is 30.5 Å². The smallest absolute Gasteiger partial charge is 0.0700 e. The third-order valence-electron chi connectivity index (χ3n) is 3.07. The molecule has 84 valence electrons. The highest BCUT2D eigenvalue weighted by molar-refractivity contribution is 5.09. The summed E-state index contributed by atoms with van der Waals surface area (Å²) < 4.78 is 7.36. The van der Waals surface area contributed by atoms with Crippen LogP contribution in [0.5, 0.6) is 0 Å². The van der Waals surface area contributed by atoms with Crippen molar-refractivity contribution in [1.29, 1.82) is 0 Å². The molecule has 1 N–H and O–H groups in total. The van der Waals surface area contributed by atoms with E-state index in [1.165, 1.54) is 5.56 Å². The monoisotopic (exact) mass is 209 g/mol. The Labute approximate surface area is 90.6 Å². The van der Waals surface area contributed by atoms with Crippen LogP contribution in [0.2, 0.25) is 0 Å². The van der Waals surface area contributed by atoms with Gasteiger partial charge in [-0.25, -0.2) is 0 Å². The van der Waals surface area contributed by atoms with E-state index in [-0.39, 0.29) is 0 Å². The number of rotatable bonds is 3. The van der Waals surface area contributed by atoms with Gasteiger partial charge < -0.3 is 10.1 Å². The molecule has 2 rings (SSSR count). The highest BCUT2D eigenvalue weighted by Gasteiger charge is 2.25. The summed E-state index contributed by atoms with van der Waals surface area (Å²) in [6.45, 7) is 5.17. The minimum atomic E-state index is 0.323. The Morgan fingerprint density at radius 2 is 2.47 bits per heavy atom. The number of aromatic nitrogens is 2. The standard InChI is InChI=1S/C11H19N3O/c1-8(10-6-12-14(3)7-10)13-11-4-5-15-9(11)2/h6-9,11,13H,4-5H2,1-3H3. The second kappa shape index (κ2) is 4.33. The maximum Gasteiger partial charge on any atom is 0.0700 e. The maximum atomic E-state index is 5.52. The van der Waals surface area contributed by atoms with Crippen molar-refractivity contribution in [2.24, 2.45) is 7.05 Å². The van der Waals surface area contributed by atoms with Gasteiger partial charge in [-0.2, -0.15) is 5.10 Å². The lowest BCUT2D eigenvalue weighted by molar-refractivity contribution is 0.111. The fourth-order valence-corrected chi connectivity index (χ4v) is 2.03. The summed E-state index contributed by atoms with van der Waals surface area (Å²) in [4.78, 5) is 0. The highest BCUT2D eigenvalue weighted by Crippen LogP contribution is 2.18. The molecule has 1 aliphatic rings. The summed E-state index contributed by atoms with van der Waals surface area (Å²) in [5.74, 6) is 0. The third-order valence-corrected chi connectivity index (χ3v) is 3.07. The zero-order chi connectivity index (χ0) is 10.8. The largest absolute Gasteiger partial charge is 0.377 e. The first-order chi connectivity index (χ1) is 7.16. The predicted molar refractivity (Wildman–Crippen MR) is 58.6 cm³/mol. The second-order valence-corrected chi connectivity index (χ2v) is 4.31. The van der Waals surface area contributed by atoms with E-state index >= 15 is 0 Å².